The van der Waals surface area contributed by atoms with E-state index in [0.717, 1.165) is 48.8 Å². The van der Waals surface area contributed by atoms with Crippen LogP contribution in [0.25, 0.3) is 11.3 Å². The van der Waals surface area contributed by atoms with Crippen molar-refractivity contribution in [3.63, 3.8) is 0 Å². The molecule has 3 rings (SSSR count). The maximum Gasteiger partial charge on any atom is 0.257 e. The Morgan fingerprint density at radius 3 is 2.54 bits per heavy atom. The second kappa shape index (κ2) is 14.3. The van der Waals surface area contributed by atoms with E-state index in [1.165, 1.54) is 34.6 Å². The molecule has 0 unspecified atom stereocenters. The van der Waals surface area contributed by atoms with Gasteiger partial charge < -0.3 is 9.64 Å². The molecule has 2 aromatic carbocycles. The molecule has 0 bridgehead atoms. The van der Waals surface area contributed by atoms with Crippen molar-refractivity contribution >= 4 is 34.1 Å². The lowest BCUT2D eigenvalue weighted by atomic mass is 10.0. The van der Waals surface area contributed by atoms with Crippen molar-refractivity contribution in [1.29, 1.82) is 0 Å². The van der Waals surface area contributed by atoms with Crippen LogP contribution in [0.15, 0.2) is 52.7 Å². The number of amides is 1. The smallest absolute Gasteiger partial charge is 0.257 e. The minimum absolute atomic E-state index is 0.166. The highest BCUT2D eigenvalue weighted by Gasteiger charge is 2.14. The third-order valence-corrected chi connectivity index (χ3v) is 7.56. The largest absolute Gasteiger partial charge is 0.492 e. The highest BCUT2D eigenvalue weighted by Crippen LogP contribution is 2.34. The number of thioether (sulfide) groups is 1. The van der Waals surface area contributed by atoms with Crippen LogP contribution in [-0.2, 0) is 6.42 Å². The fraction of sp³-hybridized carbons (Fsp3) is 0.429. The lowest BCUT2D eigenvalue weighted by Crippen LogP contribution is -2.27. The van der Waals surface area contributed by atoms with Crippen LogP contribution in [0.1, 0.15) is 56.5 Å². The van der Waals surface area contributed by atoms with Gasteiger partial charge in [0.1, 0.15) is 12.4 Å². The van der Waals surface area contributed by atoms with Crippen LogP contribution in [-0.4, -0.2) is 47.8 Å². The molecular weight excluding hydrogens is 474 g/mol. The van der Waals surface area contributed by atoms with Gasteiger partial charge >= 0.3 is 0 Å². The number of ether oxygens (including phenoxy) is 1. The van der Waals surface area contributed by atoms with Gasteiger partial charge in [-0.2, -0.15) is 0 Å². The Balaban J connectivity index is 1.64. The predicted molar refractivity (Wildman–Crippen MR) is 150 cm³/mol. The molecule has 0 aliphatic carbocycles. The quantitative estimate of drug-likeness (QED) is 0.231. The Kier molecular flexibility index (Phi) is 11.1. The Hall–Kier alpha value is -2.35. The van der Waals surface area contributed by atoms with Gasteiger partial charge in [0.15, 0.2) is 5.13 Å². The fourth-order valence-corrected chi connectivity index (χ4v) is 5.25. The molecule has 0 atom stereocenters. The summed E-state index contributed by atoms with van der Waals surface area (Å²) in [5.41, 5.74) is 3.98. The van der Waals surface area contributed by atoms with E-state index in [1.807, 2.05) is 29.3 Å². The summed E-state index contributed by atoms with van der Waals surface area (Å²) in [6.07, 6.45) is 3.43. The second-order valence-corrected chi connectivity index (χ2v) is 10.4. The Bertz CT molecular complexity index is 1060. The number of aryl methyl sites for hydroxylation is 1. The van der Waals surface area contributed by atoms with Crippen molar-refractivity contribution in [1.82, 2.24) is 9.88 Å². The Labute approximate surface area is 218 Å². The standard InChI is InChI=1S/C28H37N3O2S2/c1-5-9-10-21-11-16-26(34-8-4)24(19-21)25-20-35-28(29-25)30-27(32)22-12-14-23(15-13-22)33-18-17-31(6-2)7-3/h11-16,19-20H,5-10,17-18H2,1-4H3,(H,29,30,32). The van der Waals surface area contributed by atoms with E-state index in [-0.39, 0.29) is 5.91 Å². The van der Waals surface area contributed by atoms with Crippen LogP contribution in [0, 0.1) is 0 Å². The molecule has 7 heteroatoms. The SMILES string of the molecule is CCCCc1ccc(SCC)c(-c2csc(NC(=O)c3ccc(OCCN(CC)CC)cc3)n2)c1. The number of benzene rings is 2. The van der Waals surface area contributed by atoms with E-state index < -0.39 is 0 Å². The molecule has 0 aliphatic heterocycles. The molecule has 0 saturated heterocycles. The van der Waals surface area contributed by atoms with E-state index in [2.05, 4.69) is 56.1 Å². The first kappa shape index (κ1) is 27.2. The van der Waals surface area contributed by atoms with E-state index in [1.54, 1.807) is 12.1 Å². The van der Waals surface area contributed by atoms with E-state index in [4.69, 9.17) is 9.72 Å². The number of thiazole rings is 1. The summed E-state index contributed by atoms with van der Waals surface area (Å²) in [6, 6.07) is 14.0. The molecule has 1 heterocycles. The maximum atomic E-state index is 12.8. The third kappa shape index (κ3) is 8.09. The lowest BCUT2D eigenvalue weighted by Gasteiger charge is -2.18. The molecule has 1 amide bonds. The number of likely N-dealkylation sites (N-methyl/N-ethyl adjacent to an activating group) is 1. The zero-order chi connectivity index (χ0) is 25.0. The Morgan fingerprint density at radius 2 is 1.86 bits per heavy atom. The Morgan fingerprint density at radius 1 is 1.09 bits per heavy atom. The number of carbonyl (C=O) groups is 1. The van der Waals surface area contributed by atoms with E-state index >= 15 is 0 Å². The molecule has 3 aromatic rings. The summed E-state index contributed by atoms with van der Waals surface area (Å²) in [7, 11) is 0. The number of aromatic nitrogens is 1. The second-order valence-electron chi connectivity index (χ2n) is 8.26. The van der Waals surface area contributed by atoms with Gasteiger partial charge in [-0.3, -0.25) is 10.1 Å². The van der Waals surface area contributed by atoms with Crippen LogP contribution >= 0.6 is 23.1 Å². The summed E-state index contributed by atoms with van der Waals surface area (Å²) in [6.45, 7) is 12.2. The molecule has 1 aromatic heterocycles. The van der Waals surface area contributed by atoms with Crippen LogP contribution in [0.2, 0.25) is 0 Å². The van der Waals surface area contributed by atoms with E-state index in [0.29, 0.717) is 17.3 Å². The topological polar surface area (TPSA) is 54.5 Å². The van der Waals surface area contributed by atoms with Crippen LogP contribution in [0.3, 0.4) is 0 Å². The number of rotatable bonds is 14. The summed E-state index contributed by atoms with van der Waals surface area (Å²) < 4.78 is 5.82. The number of anilines is 1. The number of hydrogen-bond acceptors (Lipinski definition) is 6. The van der Waals surface area contributed by atoms with Gasteiger partial charge in [0.2, 0.25) is 0 Å². The zero-order valence-corrected chi connectivity index (χ0v) is 22.9. The van der Waals surface area contributed by atoms with Crippen molar-refractivity contribution in [2.45, 2.75) is 51.9 Å². The minimum atomic E-state index is -0.166. The average molecular weight is 512 g/mol. The molecule has 0 aliphatic rings. The molecule has 0 saturated carbocycles. The molecular formula is C28H37N3O2S2. The molecule has 0 spiro atoms. The summed E-state index contributed by atoms with van der Waals surface area (Å²) in [5, 5.41) is 5.59. The molecule has 35 heavy (non-hydrogen) atoms. The maximum absolute atomic E-state index is 12.8. The van der Waals surface area contributed by atoms with Gasteiger partial charge in [0.25, 0.3) is 5.91 Å². The first-order chi connectivity index (χ1) is 17.1. The van der Waals surface area contributed by atoms with Crippen molar-refractivity contribution in [2.75, 3.05) is 37.3 Å². The first-order valence-electron chi connectivity index (χ1n) is 12.6. The van der Waals surface area contributed by atoms with Crippen LogP contribution < -0.4 is 10.1 Å². The number of carbonyl (C=O) groups excluding carboxylic acids is 1. The molecule has 1 N–H and O–H groups in total. The number of unbranched alkanes of at least 4 members (excludes halogenated alkanes) is 1. The zero-order valence-electron chi connectivity index (χ0n) is 21.3. The van der Waals surface area contributed by atoms with Crippen LogP contribution in [0.4, 0.5) is 5.13 Å². The van der Waals surface area contributed by atoms with Crippen molar-refractivity contribution < 1.29 is 9.53 Å². The van der Waals surface area contributed by atoms with E-state index in [9.17, 15) is 4.79 Å². The van der Waals surface area contributed by atoms with Gasteiger partial charge in [-0.05, 0) is 73.6 Å². The van der Waals surface area contributed by atoms with Crippen molar-refractivity contribution in [2.24, 2.45) is 0 Å². The average Bonchev–Trinajstić information content (AvgIpc) is 3.34. The minimum Gasteiger partial charge on any atom is -0.492 e. The third-order valence-electron chi connectivity index (χ3n) is 5.85. The normalized spacial score (nSPS) is 11.1. The number of nitrogens with zero attached hydrogens (tertiary/aromatic N) is 2. The monoisotopic (exact) mass is 511 g/mol. The highest BCUT2D eigenvalue weighted by atomic mass is 32.2. The van der Waals surface area contributed by atoms with Gasteiger partial charge in [-0.15, -0.1) is 23.1 Å². The van der Waals surface area contributed by atoms with Gasteiger partial charge in [0, 0.05) is 27.9 Å². The summed E-state index contributed by atoms with van der Waals surface area (Å²) in [4.78, 5) is 21.1. The molecule has 188 valence electrons. The van der Waals surface area contributed by atoms with Gasteiger partial charge in [-0.25, -0.2) is 4.98 Å². The lowest BCUT2D eigenvalue weighted by molar-refractivity contribution is 0.102. The van der Waals surface area contributed by atoms with Gasteiger partial charge in [0.05, 0.1) is 5.69 Å². The predicted octanol–water partition coefficient (Wildman–Crippen LogP) is 7.24. The highest BCUT2D eigenvalue weighted by molar-refractivity contribution is 7.99. The molecule has 5 nitrogen and oxygen atoms in total. The first-order valence-corrected chi connectivity index (χ1v) is 14.4. The van der Waals surface area contributed by atoms with Gasteiger partial charge in [-0.1, -0.05) is 40.2 Å². The number of nitrogens with one attached hydrogen (secondary N) is 1. The van der Waals surface area contributed by atoms with Crippen molar-refractivity contribution in [3.8, 4) is 17.0 Å². The fourth-order valence-electron chi connectivity index (χ4n) is 3.75. The summed E-state index contributed by atoms with van der Waals surface area (Å²) in [5.74, 6) is 1.61. The molecule has 0 radical (unpaired) electrons. The number of hydrogen-bond donors (Lipinski definition) is 1. The van der Waals surface area contributed by atoms with Crippen molar-refractivity contribution in [3.05, 3.63) is 59.0 Å². The summed E-state index contributed by atoms with van der Waals surface area (Å²) >= 11 is 3.28. The van der Waals surface area contributed by atoms with Crippen LogP contribution in [0.5, 0.6) is 5.75 Å². The molecule has 0 fully saturated rings.